The molecule has 0 unspecified atom stereocenters. The molecule has 1 heterocycles. The summed E-state index contributed by atoms with van der Waals surface area (Å²) >= 11 is 0. The molecule has 1 aromatic carbocycles. The van der Waals surface area contributed by atoms with Gasteiger partial charge in [-0.2, -0.15) is 4.57 Å². The molecule has 0 amide bonds. The van der Waals surface area contributed by atoms with Gasteiger partial charge in [0.1, 0.15) is 0 Å². The first-order chi connectivity index (χ1) is 15.2. The van der Waals surface area contributed by atoms with E-state index < -0.39 is 29.1 Å². The zero-order valence-corrected chi connectivity index (χ0v) is 18.3. The molecule has 2 aromatic rings. The van der Waals surface area contributed by atoms with Crippen molar-refractivity contribution < 1.29 is 23.9 Å². The van der Waals surface area contributed by atoms with Crippen LogP contribution in [0.2, 0.25) is 0 Å². The van der Waals surface area contributed by atoms with Crippen molar-refractivity contribution in [1.82, 2.24) is 9.13 Å². The number of ether oxygens (including phenoxy) is 2. The lowest BCUT2D eigenvalue weighted by Crippen LogP contribution is -2.45. The molecule has 0 bridgehead atoms. The van der Waals surface area contributed by atoms with E-state index in [0.29, 0.717) is 17.4 Å². The van der Waals surface area contributed by atoms with E-state index in [0.717, 1.165) is 0 Å². The molecule has 2 atom stereocenters. The molecule has 0 N–H and O–H groups in total. The number of hydrogen-bond donors (Lipinski definition) is 0. The molecule has 0 saturated heterocycles. The van der Waals surface area contributed by atoms with Crippen LogP contribution in [-0.4, -0.2) is 40.2 Å². The van der Waals surface area contributed by atoms with Crippen molar-refractivity contribution >= 4 is 17.8 Å². The van der Waals surface area contributed by atoms with Crippen LogP contribution in [0.1, 0.15) is 48.7 Å². The number of hydrogen-bond acceptors (Lipinski definition) is 7. The average molecular weight is 442 g/mol. The van der Waals surface area contributed by atoms with Gasteiger partial charge in [0.2, 0.25) is 0 Å². The second-order valence-electron chi connectivity index (χ2n) is 8.06. The number of aromatic nitrogens is 2. The fourth-order valence-electron chi connectivity index (χ4n) is 4.11. The minimum absolute atomic E-state index is 0.133. The second kappa shape index (κ2) is 9.76. The van der Waals surface area contributed by atoms with Crippen LogP contribution in [0.4, 0.5) is 0 Å². The van der Waals surface area contributed by atoms with Gasteiger partial charge in [-0.1, -0.05) is 18.2 Å². The number of nitrogens with zero attached hydrogens (tertiary/aromatic N) is 2. The monoisotopic (exact) mass is 442 g/mol. The van der Waals surface area contributed by atoms with E-state index in [1.807, 2.05) is 0 Å². The van der Waals surface area contributed by atoms with Gasteiger partial charge in [-0.05, 0) is 31.9 Å². The van der Waals surface area contributed by atoms with Gasteiger partial charge in [0, 0.05) is 49.0 Å². The third kappa shape index (κ3) is 5.04. The lowest BCUT2D eigenvalue weighted by atomic mass is 9.98. The Morgan fingerprint density at radius 2 is 1.47 bits per heavy atom. The summed E-state index contributed by atoms with van der Waals surface area (Å²) in [6.45, 7) is 4.44. The van der Waals surface area contributed by atoms with Crippen molar-refractivity contribution in [3.8, 4) is 0 Å². The first-order valence-electron chi connectivity index (χ1n) is 10.4. The smallest absolute Gasteiger partial charge is 0.338 e. The van der Waals surface area contributed by atoms with Gasteiger partial charge in [-0.3, -0.25) is 23.7 Å². The Morgan fingerprint density at radius 1 is 0.938 bits per heavy atom. The molecule has 9 nitrogen and oxygen atoms in total. The number of rotatable bonds is 6. The second-order valence-corrected chi connectivity index (χ2v) is 8.06. The Bertz CT molecular complexity index is 1110. The normalized spacial score (nSPS) is 18.3. The fourth-order valence-corrected chi connectivity index (χ4v) is 4.11. The SMILES string of the molecule is CC(=O)OC[C@@H]1CC(n2cc(C)c(=O)n(C(=O)c3ccccc3)c2=O)C[C@H]1COC(C)=O. The third-order valence-corrected chi connectivity index (χ3v) is 5.72. The molecule has 1 saturated carbocycles. The third-order valence-electron chi connectivity index (χ3n) is 5.72. The maximum atomic E-state index is 13.2. The molecule has 1 fully saturated rings. The van der Waals surface area contributed by atoms with Crippen LogP contribution in [0.15, 0.2) is 46.1 Å². The van der Waals surface area contributed by atoms with Crippen LogP contribution in [0.5, 0.6) is 0 Å². The molecule has 0 aliphatic heterocycles. The topological polar surface area (TPSA) is 114 Å². The highest BCUT2D eigenvalue weighted by Gasteiger charge is 2.37. The molecule has 170 valence electrons. The van der Waals surface area contributed by atoms with E-state index in [2.05, 4.69) is 0 Å². The van der Waals surface area contributed by atoms with Crippen LogP contribution >= 0.6 is 0 Å². The van der Waals surface area contributed by atoms with Crippen LogP contribution < -0.4 is 11.2 Å². The number of esters is 2. The lowest BCUT2D eigenvalue weighted by Gasteiger charge is -2.18. The Balaban J connectivity index is 1.96. The average Bonchev–Trinajstić information content (AvgIpc) is 3.16. The van der Waals surface area contributed by atoms with Gasteiger partial charge < -0.3 is 9.47 Å². The first kappa shape index (κ1) is 23.2. The van der Waals surface area contributed by atoms with E-state index in [1.165, 1.54) is 24.6 Å². The van der Waals surface area contributed by atoms with Crippen LogP contribution in [0.3, 0.4) is 0 Å². The molecule has 0 spiro atoms. The maximum Gasteiger partial charge on any atom is 0.338 e. The zero-order valence-electron chi connectivity index (χ0n) is 18.3. The summed E-state index contributed by atoms with van der Waals surface area (Å²) in [7, 11) is 0. The van der Waals surface area contributed by atoms with E-state index in [9.17, 15) is 24.0 Å². The van der Waals surface area contributed by atoms with E-state index in [4.69, 9.17) is 9.47 Å². The fraction of sp³-hybridized carbons (Fsp3) is 0.435. The summed E-state index contributed by atoms with van der Waals surface area (Å²) in [5.41, 5.74) is -0.894. The Hall–Kier alpha value is -3.49. The number of carbonyl (C=O) groups is 3. The predicted octanol–water partition coefficient (Wildman–Crippen LogP) is 1.70. The van der Waals surface area contributed by atoms with E-state index >= 15 is 0 Å². The van der Waals surface area contributed by atoms with Crippen LogP contribution in [0, 0.1) is 18.8 Å². The number of benzene rings is 1. The van der Waals surface area contributed by atoms with Crippen molar-refractivity contribution in [3.05, 3.63) is 68.5 Å². The Labute approximate surface area is 184 Å². The number of aryl methyl sites for hydroxylation is 1. The molecule has 1 aromatic heterocycles. The standard InChI is InChI=1S/C23H26N2O7/c1-14-11-24(23(30)25(21(14)28)22(29)17-7-5-4-6-8-17)20-9-18(12-31-15(2)26)19(10-20)13-32-16(3)27/h4-8,11,18-20H,9-10,12-13H2,1-3H3/t18-,19-/m0/s1. The Morgan fingerprint density at radius 3 is 1.97 bits per heavy atom. The highest BCUT2D eigenvalue weighted by atomic mass is 16.5. The predicted molar refractivity (Wildman–Crippen MR) is 114 cm³/mol. The minimum atomic E-state index is -0.723. The molecule has 3 rings (SSSR count). The summed E-state index contributed by atoms with van der Waals surface area (Å²) in [5, 5.41) is 0. The van der Waals surface area contributed by atoms with E-state index in [1.54, 1.807) is 37.3 Å². The summed E-state index contributed by atoms with van der Waals surface area (Å²) in [5.74, 6) is -1.81. The van der Waals surface area contributed by atoms with Gasteiger partial charge >= 0.3 is 17.6 Å². The van der Waals surface area contributed by atoms with Crippen molar-refractivity contribution in [1.29, 1.82) is 0 Å². The number of carbonyl (C=O) groups excluding carboxylic acids is 3. The highest BCUT2D eigenvalue weighted by Crippen LogP contribution is 2.39. The molecule has 32 heavy (non-hydrogen) atoms. The van der Waals surface area contributed by atoms with Gasteiger partial charge in [0.15, 0.2) is 0 Å². The van der Waals surface area contributed by atoms with Gasteiger partial charge in [0.25, 0.3) is 11.5 Å². The molecule has 0 radical (unpaired) electrons. The summed E-state index contributed by atoms with van der Waals surface area (Å²) < 4.78 is 12.4. The molecule has 1 aliphatic carbocycles. The van der Waals surface area contributed by atoms with Crippen molar-refractivity contribution in [2.24, 2.45) is 11.8 Å². The lowest BCUT2D eigenvalue weighted by molar-refractivity contribution is -0.146. The van der Waals surface area contributed by atoms with Crippen molar-refractivity contribution in [3.63, 3.8) is 0 Å². The zero-order chi connectivity index (χ0) is 23.4. The molecule has 9 heteroatoms. The van der Waals surface area contributed by atoms with E-state index in [-0.39, 0.29) is 42.2 Å². The van der Waals surface area contributed by atoms with Crippen molar-refractivity contribution in [2.75, 3.05) is 13.2 Å². The maximum absolute atomic E-state index is 13.2. The summed E-state index contributed by atoms with van der Waals surface area (Å²) in [4.78, 5) is 61.4. The summed E-state index contributed by atoms with van der Waals surface area (Å²) in [6, 6.07) is 7.78. The van der Waals surface area contributed by atoms with Crippen LogP contribution in [-0.2, 0) is 19.1 Å². The quantitative estimate of drug-likeness (QED) is 0.626. The summed E-state index contributed by atoms with van der Waals surface area (Å²) in [6.07, 6.45) is 2.40. The van der Waals surface area contributed by atoms with Gasteiger partial charge in [-0.15, -0.1) is 0 Å². The molecular formula is C23H26N2O7. The van der Waals surface area contributed by atoms with Gasteiger partial charge in [-0.25, -0.2) is 4.79 Å². The van der Waals surface area contributed by atoms with Crippen molar-refractivity contribution in [2.45, 2.75) is 39.7 Å². The highest BCUT2D eigenvalue weighted by molar-refractivity contribution is 5.95. The molecular weight excluding hydrogens is 416 g/mol. The van der Waals surface area contributed by atoms with Gasteiger partial charge in [0.05, 0.1) is 13.2 Å². The minimum Gasteiger partial charge on any atom is -0.466 e. The molecule has 1 aliphatic rings. The van der Waals surface area contributed by atoms with Crippen LogP contribution in [0.25, 0.3) is 0 Å². The Kier molecular flexibility index (Phi) is 7.07. The first-order valence-corrected chi connectivity index (χ1v) is 10.4. The largest absolute Gasteiger partial charge is 0.466 e.